The van der Waals surface area contributed by atoms with E-state index in [1.807, 2.05) is 32.9 Å². The van der Waals surface area contributed by atoms with Crippen LogP contribution in [0.5, 0.6) is 5.75 Å². The van der Waals surface area contributed by atoms with Gasteiger partial charge in [-0.25, -0.2) is 0 Å². The fourth-order valence-electron chi connectivity index (χ4n) is 1.83. The molecule has 0 saturated heterocycles. The van der Waals surface area contributed by atoms with Gasteiger partial charge in [-0.1, -0.05) is 0 Å². The number of nitrogens with one attached hydrogen (secondary N) is 2. The van der Waals surface area contributed by atoms with Crippen LogP contribution < -0.4 is 15.4 Å². The number of carbonyl (C=O) groups excluding carboxylic acids is 1. The molecule has 2 N–H and O–H groups in total. The summed E-state index contributed by atoms with van der Waals surface area (Å²) in [7, 11) is 0. The van der Waals surface area contributed by atoms with Crippen molar-refractivity contribution in [3.05, 3.63) is 26.6 Å². The third-order valence-electron chi connectivity index (χ3n) is 2.65. The summed E-state index contributed by atoms with van der Waals surface area (Å²) in [6, 6.07) is 4.24. The predicted molar refractivity (Wildman–Crippen MR) is 92.6 cm³/mol. The van der Waals surface area contributed by atoms with Crippen LogP contribution in [0, 0.1) is 0 Å². The van der Waals surface area contributed by atoms with E-state index in [0.717, 1.165) is 20.3 Å². The highest BCUT2D eigenvalue weighted by Crippen LogP contribution is 2.34. The number of carbonyl (C=O) groups is 1. The number of halogens is 2. The van der Waals surface area contributed by atoms with E-state index in [-0.39, 0.29) is 11.9 Å². The highest BCUT2D eigenvalue weighted by atomic mass is 79.9. The minimum Gasteiger partial charge on any atom is -0.492 e. The van der Waals surface area contributed by atoms with Gasteiger partial charge in [0, 0.05) is 25.6 Å². The van der Waals surface area contributed by atoms with Gasteiger partial charge in [0.2, 0.25) is 5.91 Å². The van der Waals surface area contributed by atoms with Crippen molar-refractivity contribution >= 4 is 37.8 Å². The maximum Gasteiger partial charge on any atom is 0.221 e. The Morgan fingerprint density at radius 3 is 2.43 bits per heavy atom. The molecule has 0 aliphatic heterocycles. The molecule has 0 spiro atoms. The number of amides is 1. The smallest absolute Gasteiger partial charge is 0.221 e. The molecule has 0 atom stereocenters. The second kappa shape index (κ2) is 9.43. The van der Waals surface area contributed by atoms with Crippen molar-refractivity contribution in [3.8, 4) is 5.75 Å². The van der Waals surface area contributed by atoms with Gasteiger partial charge in [-0.15, -0.1) is 0 Å². The van der Waals surface area contributed by atoms with Gasteiger partial charge >= 0.3 is 0 Å². The van der Waals surface area contributed by atoms with Crippen molar-refractivity contribution in [3.63, 3.8) is 0 Å². The van der Waals surface area contributed by atoms with E-state index < -0.39 is 0 Å². The fourth-order valence-corrected chi connectivity index (χ4v) is 3.34. The van der Waals surface area contributed by atoms with Gasteiger partial charge in [-0.2, -0.15) is 0 Å². The molecule has 0 aliphatic rings. The zero-order chi connectivity index (χ0) is 15.8. The van der Waals surface area contributed by atoms with Crippen molar-refractivity contribution in [2.75, 3.05) is 13.2 Å². The Bertz CT molecular complexity index is 456. The number of benzene rings is 1. The van der Waals surface area contributed by atoms with Crippen LogP contribution in [-0.2, 0) is 11.3 Å². The third-order valence-corrected chi connectivity index (χ3v) is 3.83. The summed E-state index contributed by atoms with van der Waals surface area (Å²) in [6.45, 7) is 7.86. The van der Waals surface area contributed by atoms with Crippen molar-refractivity contribution in [1.29, 1.82) is 0 Å². The van der Waals surface area contributed by atoms with Gasteiger partial charge in [-0.3, -0.25) is 4.79 Å². The summed E-state index contributed by atoms with van der Waals surface area (Å²) < 4.78 is 7.40. The second-order valence-corrected chi connectivity index (χ2v) is 6.68. The quantitative estimate of drug-likeness (QED) is 0.630. The van der Waals surface area contributed by atoms with E-state index in [0.29, 0.717) is 26.1 Å². The highest BCUT2D eigenvalue weighted by molar-refractivity contribution is 9.11. The van der Waals surface area contributed by atoms with Crippen molar-refractivity contribution < 1.29 is 9.53 Å². The topological polar surface area (TPSA) is 50.4 Å². The molecular weight excluding hydrogens is 400 g/mol. The zero-order valence-corrected chi connectivity index (χ0v) is 15.8. The van der Waals surface area contributed by atoms with Crippen LogP contribution in [0.4, 0.5) is 0 Å². The van der Waals surface area contributed by atoms with E-state index >= 15 is 0 Å². The lowest BCUT2D eigenvalue weighted by molar-refractivity contribution is -0.121. The Morgan fingerprint density at radius 2 is 1.90 bits per heavy atom. The van der Waals surface area contributed by atoms with Crippen LogP contribution in [0.15, 0.2) is 21.1 Å². The number of rotatable bonds is 8. The molecule has 1 rings (SSSR count). The summed E-state index contributed by atoms with van der Waals surface area (Å²) in [5.74, 6) is 0.893. The minimum atomic E-state index is 0.0755. The first kappa shape index (κ1) is 18.5. The van der Waals surface area contributed by atoms with Gasteiger partial charge in [0.05, 0.1) is 15.6 Å². The lowest BCUT2D eigenvalue weighted by Crippen LogP contribution is -2.32. The Labute approximate surface area is 143 Å². The van der Waals surface area contributed by atoms with Crippen molar-refractivity contribution in [2.24, 2.45) is 0 Å². The van der Waals surface area contributed by atoms with E-state index in [1.165, 1.54) is 0 Å². The lowest BCUT2D eigenvalue weighted by atomic mass is 10.2. The molecule has 0 saturated carbocycles. The summed E-state index contributed by atoms with van der Waals surface area (Å²) in [6.07, 6.45) is 0.484. The molecule has 0 fully saturated rings. The first-order chi connectivity index (χ1) is 9.93. The normalized spacial score (nSPS) is 10.8. The van der Waals surface area contributed by atoms with Crippen LogP contribution in [0.3, 0.4) is 0 Å². The van der Waals surface area contributed by atoms with E-state index in [4.69, 9.17) is 4.74 Å². The standard InChI is InChI=1S/C15H22Br2N2O2/c1-4-21-15-12(16)7-11(8-13(15)17)9-18-6-5-14(20)19-10(2)3/h7-8,10,18H,4-6,9H2,1-3H3,(H,19,20). The van der Waals surface area contributed by atoms with Gasteiger partial charge in [0.15, 0.2) is 0 Å². The van der Waals surface area contributed by atoms with E-state index in [1.54, 1.807) is 0 Å². The molecular formula is C15H22Br2N2O2. The molecule has 4 nitrogen and oxygen atoms in total. The second-order valence-electron chi connectivity index (χ2n) is 4.97. The fraction of sp³-hybridized carbons (Fsp3) is 0.533. The molecule has 1 amide bonds. The Hall–Kier alpha value is -0.590. The number of ether oxygens (including phenoxy) is 1. The average molecular weight is 422 g/mol. The van der Waals surface area contributed by atoms with Crippen LogP contribution in [0.25, 0.3) is 0 Å². The number of hydrogen-bond acceptors (Lipinski definition) is 3. The van der Waals surface area contributed by atoms with Crippen molar-refractivity contribution in [2.45, 2.75) is 39.8 Å². The van der Waals surface area contributed by atoms with E-state index in [9.17, 15) is 4.79 Å². The predicted octanol–water partition coefficient (Wildman–Crippen LogP) is 3.61. The molecule has 1 aromatic rings. The molecule has 0 heterocycles. The van der Waals surface area contributed by atoms with Crippen LogP contribution >= 0.6 is 31.9 Å². The molecule has 0 unspecified atom stereocenters. The highest BCUT2D eigenvalue weighted by Gasteiger charge is 2.08. The van der Waals surface area contributed by atoms with Gasteiger partial charge in [-0.05, 0) is 70.3 Å². The first-order valence-electron chi connectivity index (χ1n) is 7.04. The summed E-state index contributed by atoms with van der Waals surface area (Å²) in [5, 5.41) is 6.14. The van der Waals surface area contributed by atoms with E-state index in [2.05, 4.69) is 42.5 Å². The molecule has 0 bridgehead atoms. The van der Waals surface area contributed by atoms with Gasteiger partial charge in [0.1, 0.15) is 5.75 Å². The Morgan fingerprint density at radius 1 is 1.29 bits per heavy atom. The summed E-state index contributed by atoms with van der Waals surface area (Å²) >= 11 is 7.02. The zero-order valence-electron chi connectivity index (χ0n) is 12.6. The van der Waals surface area contributed by atoms with Gasteiger partial charge < -0.3 is 15.4 Å². The first-order valence-corrected chi connectivity index (χ1v) is 8.63. The molecule has 0 radical (unpaired) electrons. The Kier molecular flexibility index (Phi) is 8.29. The SMILES string of the molecule is CCOc1c(Br)cc(CNCCC(=O)NC(C)C)cc1Br. The molecule has 6 heteroatoms. The third kappa shape index (κ3) is 6.80. The minimum absolute atomic E-state index is 0.0755. The average Bonchev–Trinajstić information content (AvgIpc) is 2.38. The molecule has 0 aliphatic carbocycles. The van der Waals surface area contributed by atoms with Gasteiger partial charge in [0.25, 0.3) is 0 Å². The summed E-state index contributed by atoms with van der Waals surface area (Å²) in [5.41, 5.74) is 1.13. The molecule has 118 valence electrons. The summed E-state index contributed by atoms with van der Waals surface area (Å²) in [4.78, 5) is 11.5. The maximum atomic E-state index is 11.5. The molecule has 21 heavy (non-hydrogen) atoms. The molecule has 1 aromatic carbocycles. The number of hydrogen-bond donors (Lipinski definition) is 2. The van der Waals surface area contributed by atoms with Crippen LogP contribution in [0.2, 0.25) is 0 Å². The van der Waals surface area contributed by atoms with Crippen LogP contribution in [0.1, 0.15) is 32.8 Å². The monoisotopic (exact) mass is 420 g/mol. The van der Waals surface area contributed by atoms with Crippen LogP contribution in [-0.4, -0.2) is 25.1 Å². The maximum absolute atomic E-state index is 11.5. The van der Waals surface area contributed by atoms with Crippen molar-refractivity contribution in [1.82, 2.24) is 10.6 Å². The Balaban J connectivity index is 2.44. The largest absolute Gasteiger partial charge is 0.492 e. The molecule has 0 aromatic heterocycles. The lowest BCUT2D eigenvalue weighted by Gasteiger charge is -2.12.